The summed E-state index contributed by atoms with van der Waals surface area (Å²) in [6, 6.07) is 1.61. The molecular formula is C11H15N3O2. The van der Waals surface area contributed by atoms with E-state index in [9.17, 15) is 4.79 Å². The number of carbonyl (C=O) groups excluding carboxylic acids is 1. The number of nitrogens with zero attached hydrogens (tertiary/aromatic N) is 2. The lowest BCUT2D eigenvalue weighted by Crippen LogP contribution is -2.37. The summed E-state index contributed by atoms with van der Waals surface area (Å²) in [5, 5.41) is 0. The molecule has 1 aliphatic heterocycles. The number of likely N-dealkylation sites (tertiary alicyclic amines) is 1. The van der Waals surface area contributed by atoms with Gasteiger partial charge >= 0.3 is 6.09 Å². The van der Waals surface area contributed by atoms with Crippen molar-refractivity contribution in [2.24, 2.45) is 0 Å². The van der Waals surface area contributed by atoms with E-state index in [4.69, 9.17) is 10.5 Å². The summed E-state index contributed by atoms with van der Waals surface area (Å²) in [6.45, 7) is 1.53. The summed E-state index contributed by atoms with van der Waals surface area (Å²) < 4.78 is 5.18. The molecular weight excluding hydrogens is 206 g/mol. The van der Waals surface area contributed by atoms with Crippen LogP contribution < -0.4 is 10.5 Å². The molecule has 1 fully saturated rings. The third-order valence-electron chi connectivity index (χ3n) is 2.63. The van der Waals surface area contributed by atoms with Crippen LogP contribution in [0.15, 0.2) is 18.5 Å². The highest BCUT2D eigenvalue weighted by atomic mass is 16.6. The highest BCUT2D eigenvalue weighted by Crippen LogP contribution is 2.20. The molecule has 16 heavy (non-hydrogen) atoms. The number of carbonyl (C=O) groups is 1. The van der Waals surface area contributed by atoms with Crippen LogP contribution in [0.25, 0.3) is 0 Å². The fourth-order valence-corrected chi connectivity index (χ4v) is 1.71. The van der Waals surface area contributed by atoms with Gasteiger partial charge in [0.2, 0.25) is 0 Å². The fraction of sp³-hybridized carbons (Fsp3) is 0.455. The van der Waals surface area contributed by atoms with Crippen LogP contribution in [0.4, 0.5) is 10.5 Å². The van der Waals surface area contributed by atoms with E-state index in [1.165, 1.54) is 12.6 Å². The Kier molecular flexibility index (Phi) is 3.24. The molecule has 0 unspecified atom stereocenters. The number of nitrogens with two attached hydrogens (primary N) is 1. The van der Waals surface area contributed by atoms with Crippen molar-refractivity contribution in [3.63, 3.8) is 0 Å². The van der Waals surface area contributed by atoms with Crippen LogP contribution in [0.2, 0.25) is 0 Å². The van der Waals surface area contributed by atoms with Gasteiger partial charge in [0, 0.05) is 19.3 Å². The monoisotopic (exact) mass is 221 g/mol. The van der Waals surface area contributed by atoms with Crippen molar-refractivity contribution in [1.29, 1.82) is 0 Å². The number of hydrogen-bond acceptors (Lipinski definition) is 4. The lowest BCUT2D eigenvalue weighted by Gasteiger charge is -2.25. The Bertz CT molecular complexity index is 375. The van der Waals surface area contributed by atoms with Crippen LogP contribution in [-0.2, 0) is 0 Å². The quantitative estimate of drug-likeness (QED) is 0.782. The largest absolute Gasteiger partial charge is 0.415 e. The molecule has 1 amide bonds. The molecule has 1 saturated heterocycles. The molecule has 0 bridgehead atoms. The van der Waals surface area contributed by atoms with E-state index in [2.05, 4.69) is 4.98 Å². The highest BCUT2D eigenvalue weighted by Gasteiger charge is 2.18. The molecule has 5 nitrogen and oxygen atoms in total. The second-order valence-electron chi connectivity index (χ2n) is 3.83. The second-order valence-corrected chi connectivity index (χ2v) is 3.83. The Morgan fingerprint density at radius 1 is 1.38 bits per heavy atom. The maximum absolute atomic E-state index is 11.7. The van der Waals surface area contributed by atoms with Gasteiger partial charge < -0.3 is 15.4 Å². The molecule has 0 aliphatic carbocycles. The fourth-order valence-electron chi connectivity index (χ4n) is 1.71. The smallest absolute Gasteiger partial charge is 0.406 e. The van der Waals surface area contributed by atoms with Gasteiger partial charge in [-0.3, -0.25) is 4.98 Å². The first-order valence-corrected chi connectivity index (χ1v) is 5.43. The molecule has 1 aromatic heterocycles. The Morgan fingerprint density at radius 2 is 2.12 bits per heavy atom. The van der Waals surface area contributed by atoms with E-state index in [1.807, 2.05) is 0 Å². The molecule has 0 aromatic carbocycles. The van der Waals surface area contributed by atoms with Gasteiger partial charge in [0.25, 0.3) is 0 Å². The lowest BCUT2D eigenvalue weighted by atomic mass is 10.1. The predicted molar refractivity (Wildman–Crippen MR) is 60.1 cm³/mol. The van der Waals surface area contributed by atoms with Gasteiger partial charge in [-0.05, 0) is 25.3 Å². The topological polar surface area (TPSA) is 68.5 Å². The normalized spacial score (nSPS) is 15.9. The van der Waals surface area contributed by atoms with Crippen molar-refractivity contribution in [3.8, 4) is 5.75 Å². The third kappa shape index (κ3) is 2.42. The van der Waals surface area contributed by atoms with Crippen molar-refractivity contribution in [1.82, 2.24) is 9.88 Å². The SMILES string of the molecule is Nc1ccncc1OC(=O)N1CCCCC1. The average Bonchev–Trinajstić information content (AvgIpc) is 2.33. The van der Waals surface area contributed by atoms with Crippen LogP contribution in [0.1, 0.15) is 19.3 Å². The van der Waals surface area contributed by atoms with Crippen molar-refractivity contribution in [2.75, 3.05) is 18.8 Å². The molecule has 2 rings (SSSR count). The number of rotatable bonds is 1. The van der Waals surface area contributed by atoms with Crippen molar-refractivity contribution in [2.45, 2.75) is 19.3 Å². The number of anilines is 1. The molecule has 0 atom stereocenters. The molecule has 0 radical (unpaired) electrons. The Balaban J connectivity index is 1.99. The molecule has 0 saturated carbocycles. The Labute approximate surface area is 94.2 Å². The molecule has 86 valence electrons. The zero-order valence-corrected chi connectivity index (χ0v) is 9.06. The molecule has 5 heteroatoms. The van der Waals surface area contributed by atoms with Crippen LogP contribution in [-0.4, -0.2) is 29.1 Å². The summed E-state index contributed by atoms with van der Waals surface area (Å²) >= 11 is 0. The standard InChI is InChI=1S/C11H15N3O2/c12-9-4-5-13-8-10(9)16-11(15)14-6-2-1-3-7-14/h4-5,8H,1-3,6-7H2,(H2,12,13). The molecule has 2 heterocycles. The minimum Gasteiger partial charge on any atom is -0.406 e. The first kappa shape index (κ1) is 10.7. The van der Waals surface area contributed by atoms with Crippen molar-refractivity contribution < 1.29 is 9.53 Å². The number of pyridine rings is 1. The third-order valence-corrected chi connectivity index (χ3v) is 2.63. The molecule has 1 aliphatic rings. The average molecular weight is 221 g/mol. The van der Waals surface area contributed by atoms with E-state index < -0.39 is 0 Å². The first-order chi connectivity index (χ1) is 7.77. The van der Waals surface area contributed by atoms with Gasteiger partial charge in [-0.25, -0.2) is 4.79 Å². The van der Waals surface area contributed by atoms with E-state index in [1.54, 1.807) is 17.2 Å². The summed E-state index contributed by atoms with van der Waals surface area (Å²) in [7, 11) is 0. The Hall–Kier alpha value is -1.78. The van der Waals surface area contributed by atoms with Crippen LogP contribution in [0, 0.1) is 0 Å². The summed E-state index contributed by atoms with van der Waals surface area (Å²) in [4.78, 5) is 17.3. The van der Waals surface area contributed by atoms with Crippen molar-refractivity contribution in [3.05, 3.63) is 18.5 Å². The van der Waals surface area contributed by atoms with Gasteiger partial charge in [0.05, 0.1) is 11.9 Å². The number of aromatic nitrogens is 1. The molecule has 0 spiro atoms. The maximum Gasteiger partial charge on any atom is 0.415 e. The van der Waals surface area contributed by atoms with E-state index in [-0.39, 0.29) is 6.09 Å². The lowest BCUT2D eigenvalue weighted by molar-refractivity contribution is 0.142. The van der Waals surface area contributed by atoms with E-state index >= 15 is 0 Å². The van der Waals surface area contributed by atoms with Gasteiger partial charge in [0.15, 0.2) is 5.75 Å². The minimum absolute atomic E-state index is 0.332. The zero-order valence-electron chi connectivity index (χ0n) is 9.06. The predicted octanol–water partition coefficient (Wildman–Crippen LogP) is 1.65. The summed E-state index contributed by atoms with van der Waals surface area (Å²) in [6.07, 6.45) is 5.94. The van der Waals surface area contributed by atoms with Gasteiger partial charge in [-0.1, -0.05) is 0 Å². The van der Waals surface area contributed by atoms with Crippen molar-refractivity contribution >= 4 is 11.8 Å². The van der Waals surface area contributed by atoms with E-state index in [0.29, 0.717) is 11.4 Å². The van der Waals surface area contributed by atoms with E-state index in [0.717, 1.165) is 25.9 Å². The first-order valence-electron chi connectivity index (χ1n) is 5.43. The van der Waals surface area contributed by atoms with Gasteiger partial charge in [-0.2, -0.15) is 0 Å². The van der Waals surface area contributed by atoms with Crippen LogP contribution in [0.5, 0.6) is 5.75 Å². The molecule has 2 N–H and O–H groups in total. The van der Waals surface area contributed by atoms with Gasteiger partial charge in [0.1, 0.15) is 0 Å². The summed E-state index contributed by atoms with van der Waals surface area (Å²) in [5.74, 6) is 0.332. The summed E-state index contributed by atoms with van der Waals surface area (Å²) in [5.41, 5.74) is 6.09. The number of amides is 1. The van der Waals surface area contributed by atoms with Gasteiger partial charge in [-0.15, -0.1) is 0 Å². The van der Waals surface area contributed by atoms with Crippen LogP contribution in [0.3, 0.4) is 0 Å². The maximum atomic E-state index is 11.7. The highest BCUT2D eigenvalue weighted by molar-refractivity contribution is 5.72. The Morgan fingerprint density at radius 3 is 2.81 bits per heavy atom. The zero-order chi connectivity index (χ0) is 11.4. The number of piperidine rings is 1. The number of hydrogen-bond donors (Lipinski definition) is 1. The minimum atomic E-state index is -0.334. The number of ether oxygens (including phenoxy) is 1. The molecule has 1 aromatic rings. The number of nitrogen functional groups attached to an aromatic ring is 1. The second kappa shape index (κ2) is 4.83. The van der Waals surface area contributed by atoms with Crippen LogP contribution >= 0.6 is 0 Å².